The molecule has 0 aromatic rings. The monoisotopic (exact) mass is 332 g/mol. The Balaban J connectivity index is 1.16. The predicted molar refractivity (Wildman–Crippen MR) is 97.6 cm³/mol. The third-order valence-corrected chi connectivity index (χ3v) is 7.84. The van der Waals surface area contributed by atoms with Gasteiger partial charge in [-0.25, -0.2) is 0 Å². The van der Waals surface area contributed by atoms with Gasteiger partial charge in [0, 0.05) is 5.92 Å². The van der Waals surface area contributed by atoms with E-state index in [9.17, 15) is 0 Å². The molecule has 3 saturated carbocycles. The number of hydrogen-bond acceptors (Lipinski definition) is 2. The Kier molecular flexibility index (Phi) is 5.07. The summed E-state index contributed by atoms with van der Waals surface area (Å²) in [6.07, 6.45) is 16.5. The molecule has 1 aliphatic heterocycles. The molecule has 3 aliphatic carbocycles. The van der Waals surface area contributed by atoms with Crippen molar-refractivity contribution in [1.82, 2.24) is 0 Å². The zero-order chi connectivity index (χ0) is 16.6. The Labute approximate surface area is 148 Å². The number of ether oxygens (including phenoxy) is 2. The highest BCUT2D eigenvalue weighted by atomic mass is 16.7. The molecule has 0 aromatic heterocycles. The van der Waals surface area contributed by atoms with Crippen LogP contribution in [0.4, 0.5) is 0 Å². The SMILES string of the molecule is C=CC1OCC(C2CC3(CC(C4CCC(CCC)CC4)C3)C2)CO1. The van der Waals surface area contributed by atoms with Crippen LogP contribution in [0.5, 0.6) is 0 Å². The van der Waals surface area contributed by atoms with E-state index in [0.29, 0.717) is 5.92 Å². The summed E-state index contributed by atoms with van der Waals surface area (Å²) in [5.41, 5.74) is 0.741. The Morgan fingerprint density at radius 1 is 0.875 bits per heavy atom. The second-order valence-corrected chi connectivity index (χ2v) is 9.44. The van der Waals surface area contributed by atoms with Crippen molar-refractivity contribution >= 4 is 0 Å². The van der Waals surface area contributed by atoms with Crippen molar-refractivity contribution in [3.63, 3.8) is 0 Å². The Morgan fingerprint density at radius 2 is 1.46 bits per heavy atom. The lowest BCUT2D eigenvalue weighted by Gasteiger charge is -2.61. The lowest BCUT2D eigenvalue weighted by atomic mass is 9.44. The van der Waals surface area contributed by atoms with Crippen molar-refractivity contribution in [1.29, 1.82) is 0 Å². The van der Waals surface area contributed by atoms with Gasteiger partial charge in [-0.05, 0) is 73.7 Å². The van der Waals surface area contributed by atoms with E-state index < -0.39 is 0 Å². The average Bonchev–Trinajstić information content (AvgIpc) is 2.54. The molecule has 0 N–H and O–H groups in total. The molecular weight excluding hydrogens is 296 g/mol. The van der Waals surface area contributed by atoms with Crippen LogP contribution >= 0.6 is 0 Å². The van der Waals surface area contributed by atoms with Crippen molar-refractivity contribution in [3.05, 3.63) is 12.7 Å². The maximum atomic E-state index is 5.72. The standard InChI is InChI=1S/C22H36O2/c1-3-5-16-6-8-17(9-7-16)18-10-22(11-18)12-19(13-22)20-14-23-21(4-2)24-15-20/h4,16-21H,2-3,5-15H2,1H3. The summed E-state index contributed by atoms with van der Waals surface area (Å²) in [7, 11) is 0. The van der Waals surface area contributed by atoms with E-state index >= 15 is 0 Å². The summed E-state index contributed by atoms with van der Waals surface area (Å²) in [6.45, 7) is 7.85. The van der Waals surface area contributed by atoms with Gasteiger partial charge in [-0.1, -0.05) is 39.2 Å². The first kappa shape index (κ1) is 17.1. The second kappa shape index (κ2) is 7.11. The molecule has 2 nitrogen and oxygen atoms in total. The van der Waals surface area contributed by atoms with Gasteiger partial charge in [0.1, 0.15) is 0 Å². The molecule has 4 fully saturated rings. The van der Waals surface area contributed by atoms with Crippen molar-refractivity contribution in [2.75, 3.05) is 13.2 Å². The first-order valence-corrected chi connectivity index (χ1v) is 10.6. The Morgan fingerprint density at radius 3 is 2.00 bits per heavy atom. The van der Waals surface area contributed by atoms with Crippen molar-refractivity contribution in [2.24, 2.45) is 35.0 Å². The molecule has 0 amide bonds. The normalized spacial score (nSPS) is 48.5. The molecule has 1 spiro atoms. The summed E-state index contributed by atoms with van der Waals surface area (Å²) in [6, 6.07) is 0. The van der Waals surface area contributed by atoms with E-state index in [1.165, 1.54) is 64.2 Å². The quantitative estimate of drug-likeness (QED) is 0.612. The molecule has 136 valence electrons. The largest absolute Gasteiger partial charge is 0.349 e. The number of hydrogen-bond donors (Lipinski definition) is 0. The van der Waals surface area contributed by atoms with Gasteiger partial charge in [-0.15, -0.1) is 0 Å². The lowest BCUT2D eigenvalue weighted by Crippen LogP contribution is -2.53. The fourth-order valence-corrected chi connectivity index (χ4v) is 6.40. The first-order chi connectivity index (χ1) is 11.7. The minimum Gasteiger partial charge on any atom is -0.349 e. The van der Waals surface area contributed by atoms with Crippen LogP contribution in [0.3, 0.4) is 0 Å². The predicted octanol–water partition coefficient (Wildman–Crippen LogP) is 5.57. The van der Waals surface area contributed by atoms with E-state index in [1.807, 2.05) is 0 Å². The van der Waals surface area contributed by atoms with Crippen LogP contribution in [-0.4, -0.2) is 19.5 Å². The van der Waals surface area contributed by atoms with Crippen LogP contribution in [-0.2, 0) is 9.47 Å². The molecule has 4 aliphatic rings. The van der Waals surface area contributed by atoms with Gasteiger partial charge in [-0.2, -0.15) is 0 Å². The Bertz CT molecular complexity index is 415. The van der Waals surface area contributed by atoms with Gasteiger partial charge in [0.25, 0.3) is 0 Å². The van der Waals surface area contributed by atoms with Crippen molar-refractivity contribution in [2.45, 2.75) is 77.4 Å². The van der Waals surface area contributed by atoms with E-state index in [4.69, 9.17) is 9.47 Å². The average molecular weight is 333 g/mol. The van der Waals surface area contributed by atoms with Crippen LogP contribution in [0, 0.1) is 35.0 Å². The summed E-state index contributed by atoms with van der Waals surface area (Å²) in [4.78, 5) is 0. The van der Waals surface area contributed by atoms with E-state index in [1.54, 1.807) is 6.08 Å². The van der Waals surface area contributed by atoms with Crippen molar-refractivity contribution < 1.29 is 9.47 Å². The molecule has 1 heterocycles. The van der Waals surface area contributed by atoms with E-state index in [2.05, 4.69) is 13.5 Å². The molecule has 0 bridgehead atoms. The Hall–Kier alpha value is -0.340. The summed E-state index contributed by atoms with van der Waals surface area (Å²) < 4.78 is 11.4. The maximum Gasteiger partial charge on any atom is 0.176 e. The second-order valence-electron chi connectivity index (χ2n) is 9.44. The minimum atomic E-state index is -0.161. The maximum absolute atomic E-state index is 5.72. The van der Waals surface area contributed by atoms with Gasteiger partial charge in [0.15, 0.2) is 6.29 Å². The molecule has 1 saturated heterocycles. The molecule has 2 heteroatoms. The fourth-order valence-electron chi connectivity index (χ4n) is 6.40. The molecule has 0 atom stereocenters. The smallest absolute Gasteiger partial charge is 0.176 e. The summed E-state index contributed by atoms with van der Waals surface area (Å²) in [5, 5.41) is 0. The molecule has 0 unspecified atom stereocenters. The van der Waals surface area contributed by atoms with E-state index in [-0.39, 0.29) is 6.29 Å². The third kappa shape index (κ3) is 3.33. The van der Waals surface area contributed by atoms with Crippen LogP contribution < -0.4 is 0 Å². The van der Waals surface area contributed by atoms with Crippen molar-refractivity contribution in [3.8, 4) is 0 Å². The number of rotatable bonds is 5. The lowest BCUT2D eigenvalue weighted by molar-refractivity contribution is -0.207. The molecule has 24 heavy (non-hydrogen) atoms. The van der Waals surface area contributed by atoms with Crippen LogP contribution in [0.15, 0.2) is 12.7 Å². The molecular formula is C22H36O2. The molecule has 0 aromatic carbocycles. The zero-order valence-electron chi connectivity index (χ0n) is 15.6. The van der Waals surface area contributed by atoms with E-state index in [0.717, 1.165) is 42.3 Å². The summed E-state index contributed by atoms with van der Waals surface area (Å²) in [5.74, 6) is 4.68. The van der Waals surface area contributed by atoms with Gasteiger partial charge in [0.05, 0.1) is 13.2 Å². The highest BCUT2D eigenvalue weighted by Gasteiger charge is 2.56. The van der Waals surface area contributed by atoms with Gasteiger partial charge in [0.2, 0.25) is 0 Å². The molecule has 0 radical (unpaired) electrons. The van der Waals surface area contributed by atoms with Crippen LogP contribution in [0.2, 0.25) is 0 Å². The van der Waals surface area contributed by atoms with Crippen LogP contribution in [0.1, 0.15) is 71.1 Å². The highest BCUT2D eigenvalue weighted by molar-refractivity contribution is 5.06. The minimum absolute atomic E-state index is 0.161. The molecule has 4 rings (SSSR count). The van der Waals surface area contributed by atoms with Gasteiger partial charge >= 0.3 is 0 Å². The van der Waals surface area contributed by atoms with Gasteiger partial charge < -0.3 is 9.47 Å². The first-order valence-electron chi connectivity index (χ1n) is 10.6. The summed E-state index contributed by atoms with van der Waals surface area (Å²) >= 11 is 0. The van der Waals surface area contributed by atoms with Gasteiger partial charge in [-0.3, -0.25) is 0 Å². The van der Waals surface area contributed by atoms with Crippen LogP contribution in [0.25, 0.3) is 0 Å². The zero-order valence-corrected chi connectivity index (χ0v) is 15.6. The highest BCUT2D eigenvalue weighted by Crippen LogP contribution is 2.65. The third-order valence-electron chi connectivity index (χ3n) is 7.84. The fraction of sp³-hybridized carbons (Fsp3) is 0.909. The topological polar surface area (TPSA) is 18.5 Å².